The fourth-order valence-corrected chi connectivity index (χ4v) is 12.1. The number of phenols is 1. The van der Waals surface area contributed by atoms with Crippen molar-refractivity contribution in [3.05, 3.63) is 87.7 Å². The number of aromatic nitrogens is 3. The number of ether oxygens (including phenoxy) is 3. The normalized spacial score (nSPS) is 16.7. The van der Waals surface area contributed by atoms with Crippen LogP contribution in [0.4, 0.5) is 25.3 Å². The molecule has 0 radical (unpaired) electrons. The second-order valence-electron chi connectivity index (χ2n) is 20.6. The van der Waals surface area contributed by atoms with Gasteiger partial charge in [-0.1, -0.05) is 61.2 Å². The first-order valence-corrected chi connectivity index (χ1v) is 29.0. The zero-order chi connectivity index (χ0) is 57.2. The molecule has 6 aromatic rings. The maximum atomic E-state index is 16.5. The molecule has 4 heterocycles. The van der Waals surface area contributed by atoms with Gasteiger partial charge in [0, 0.05) is 86.6 Å². The molecule has 1 aliphatic carbocycles. The van der Waals surface area contributed by atoms with E-state index in [2.05, 4.69) is 37.4 Å². The van der Waals surface area contributed by atoms with E-state index < -0.39 is 41.1 Å². The number of fused-ring (bicyclic) bond motifs is 2. The van der Waals surface area contributed by atoms with E-state index in [9.17, 15) is 24.3 Å². The molecule has 432 valence electrons. The minimum atomic E-state index is -0.971. The summed E-state index contributed by atoms with van der Waals surface area (Å²) in [6.45, 7) is 5.57. The van der Waals surface area contributed by atoms with Gasteiger partial charge < -0.3 is 60.6 Å². The predicted octanol–water partition coefficient (Wildman–Crippen LogP) is 8.12. The van der Waals surface area contributed by atoms with E-state index in [0.717, 1.165) is 78.0 Å². The van der Waals surface area contributed by atoms with E-state index in [4.69, 9.17) is 36.5 Å². The lowest BCUT2D eigenvalue weighted by Crippen LogP contribution is -2.55. The molecule has 2 aliphatic heterocycles. The Labute approximate surface area is 478 Å². The minimum absolute atomic E-state index is 0.00251. The number of amides is 5. The van der Waals surface area contributed by atoms with Gasteiger partial charge in [-0.15, -0.1) is 11.3 Å². The average Bonchev–Trinajstić information content (AvgIpc) is 4.31. The highest BCUT2D eigenvalue weighted by Crippen LogP contribution is 2.44. The highest BCUT2D eigenvalue weighted by molar-refractivity contribution is 7.10. The second-order valence-corrected chi connectivity index (χ2v) is 21.9. The Morgan fingerprint density at radius 1 is 0.864 bits per heavy atom. The number of likely N-dealkylation sites (tertiary alicyclic amines) is 1. The molecule has 23 heteroatoms. The first kappa shape index (κ1) is 58.7. The van der Waals surface area contributed by atoms with Gasteiger partial charge in [0.1, 0.15) is 46.3 Å². The van der Waals surface area contributed by atoms with E-state index in [0.29, 0.717) is 64.2 Å². The topological polar surface area (TPSA) is 230 Å². The molecular weight excluding hydrogens is 1080 g/mol. The van der Waals surface area contributed by atoms with Crippen molar-refractivity contribution in [2.45, 2.75) is 76.4 Å². The molecule has 1 saturated carbocycles. The number of thiazole rings is 1. The van der Waals surface area contributed by atoms with Crippen LogP contribution in [0.15, 0.2) is 66.0 Å². The van der Waals surface area contributed by atoms with Crippen molar-refractivity contribution in [2.75, 3.05) is 103 Å². The number of hydrogen-bond acceptors (Lipinski definition) is 15. The molecule has 9 rings (SSSR count). The number of primary amides is 1. The van der Waals surface area contributed by atoms with E-state index in [-0.39, 0.29) is 89.8 Å². The summed E-state index contributed by atoms with van der Waals surface area (Å²) in [5.41, 5.74) is 6.34. The number of likely N-dealkylation sites (N-methyl/N-ethyl adjacent to an activating group) is 2. The molecule has 0 spiro atoms. The number of nitrogens with zero attached hydrogens (tertiary/aromatic N) is 7. The zero-order valence-electron chi connectivity index (χ0n) is 45.9. The van der Waals surface area contributed by atoms with E-state index in [1.807, 2.05) is 47.1 Å². The van der Waals surface area contributed by atoms with Crippen LogP contribution in [-0.4, -0.2) is 164 Å². The van der Waals surface area contributed by atoms with Crippen LogP contribution in [0, 0.1) is 17.6 Å². The maximum absolute atomic E-state index is 16.5. The van der Waals surface area contributed by atoms with E-state index in [1.54, 1.807) is 25.4 Å². The number of carbonyl (C=O) groups excluding carboxylic acids is 4. The van der Waals surface area contributed by atoms with Gasteiger partial charge in [-0.05, 0) is 81.3 Å². The summed E-state index contributed by atoms with van der Waals surface area (Å²) in [6, 6.07) is 15.4. The summed E-state index contributed by atoms with van der Waals surface area (Å²) in [5, 5.41) is 24.6. The summed E-state index contributed by atoms with van der Waals surface area (Å²) in [6.07, 6.45) is 6.86. The van der Waals surface area contributed by atoms with Crippen LogP contribution in [0.3, 0.4) is 0 Å². The first-order valence-electron chi connectivity index (χ1n) is 27.7. The van der Waals surface area contributed by atoms with Crippen molar-refractivity contribution < 1.29 is 47.3 Å². The number of halogens is 3. The second kappa shape index (κ2) is 27.2. The molecule has 81 heavy (non-hydrogen) atoms. The largest absolute Gasteiger partial charge is 0.507 e. The van der Waals surface area contributed by atoms with Crippen molar-refractivity contribution in [1.29, 1.82) is 0 Å². The summed E-state index contributed by atoms with van der Waals surface area (Å²) in [7, 11) is 3.41. The Morgan fingerprint density at radius 2 is 1.60 bits per heavy atom. The number of carbonyl (C=O) groups is 4. The van der Waals surface area contributed by atoms with Crippen molar-refractivity contribution in [3.63, 3.8) is 0 Å². The van der Waals surface area contributed by atoms with Gasteiger partial charge in [0.15, 0.2) is 5.82 Å². The van der Waals surface area contributed by atoms with Crippen molar-refractivity contribution in [3.8, 4) is 33.9 Å². The molecule has 6 N–H and O–H groups in total. The Bertz CT molecular complexity index is 3200. The molecule has 4 aromatic carbocycles. The fraction of sp³-hybridized carbons (Fsp3) is 0.466. The van der Waals surface area contributed by atoms with Crippen molar-refractivity contribution in [1.82, 2.24) is 40.3 Å². The molecule has 3 atom stereocenters. The van der Waals surface area contributed by atoms with Crippen LogP contribution < -0.4 is 31.3 Å². The molecule has 19 nitrogen and oxygen atoms in total. The number of hydrogen-bond donors (Lipinski definition) is 5. The van der Waals surface area contributed by atoms with Crippen LogP contribution in [0.25, 0.3) is 44.1 Å². The molecule has 0 bridgehead atoms. The summed E-state index contributed by atoms with van der Waals surface area (Å²) in [5.74, 6) is -1.57. The van der Waals surface area contributed by atoms with Gasteiger partial charge >= 0.3 is 6.03 Å². The standard InChI is InChI=1S/C58H70ClF2N11O8S/c1-35(63-2)54(75)66-51(36-11-5-4-6-12-36)56(76)72-22-10-16-44(72)55-65-43(34-81-55)38-18-19-46(39-14-8-7-13-37(38)39)80-32-31-79-30-29-78-28-27-69(3)47(74)20-21-64-58-67-52-40(53(68-58)70-23-25-71(26-24-70)57(62)77)33-41(59)48(50(52)61)49-42(60)15-9-17-45(49)73/h7-9,13-15,17-19,33-36,44,51,63,73H,4-6,10-12,16,20-32H2,1-3H3,(H2,62,77)(H,66,75)(H,64,67,68). The zero-order valence-corrected chi connectivity index (χ0v) is 47.4. The van der Waals surface area contributed by atoms with Crippen LogP contribution in [0.5, 0.6) is 11.5 Å². The Morgan fingerprint density at radius 3 is 2.35 bits per heavy atom. The van der Waals surface area contributed by atoms with Crippen LogP contribution in [0.1, 0.15) is 69.3 Å². The van der Waals surface area contributed by atoms with Crippen LogP contribution in [0.2, 0.25) is 5.02 Å². The smallest absolute Gasteiger partial charge is 0.314 e. The van der Waals surface area contributed by atoms with Gasteiger partial charge in [-0.25, -0.2) is 23.5 Å². The third kappa shape index (κ3) is 13.7. The fourth-order valence-electron chi connectivity index (χ4n) is 10.9. The molecule has 5 amide bonds. The number of anilines is 2. The van der Waals surface area contributed by atoms with Crippen LogP contribution >= 0.6 is 22.9 Å². The summed E-state index contributed by atoms with van der Waals surface area (Å²) >= 11 is 8.14. The van der Waals surface area contributed by atoms with Gasteiger partial charge in [0.05, 0.1) is 54.8 Å². The third-order valence-electron chi connectivity index (χ3n) is 15.5. The number of rotatable bonds is 23. The molecule has 3 unspecified atom stereocenters. The monoisotopic (exact) mass is 1150 g/mol. The number of aromatic hydroxyl groups is 1. The predicted molar refractivity (Wildman–Crippen MR) is 309 cm³/mol. The Kier molecular flexibility index (Phi) is 19.7. The van der Waals surface area contributed by atoms with E-state index >= 15 is 8.78 Å². The molecule has 2 saturated heterocycles. The minimum Gasteiger partial charge on any atom is -0.507 e. The lowest BCUT2D eigenvalue weighted by Gasteiger charge is -2.35. The van der Waals surface area contributed by atoms with Crippen LogP contribution in [-0.2, 0) is 23.9 Å². The molecule has 2 aromatic heterocycles. The Balaban J connectivity index is 0.729. The van der Waals surface area contributed by atoms with Gasteiger partial charge in [-0.3, -0.25) is 14.4 Å². The lowest BCUT2D eigenvalue weighted by molar-refractivity contribution is -0.139. The lowest BCUT2D eigenvalue weighted by atomic mass is 9.83. The Hall–Kier alpha value is -6.98. The molecule has 3 aliphatic rings. The van der Waals surface area contributed by atoms with Crippen molar-refractivity contribution in [2.24, 2.45) is 11.7 Å². The number of piperazine rings is 1. The average molecular weight is 1150 g/mol. The van der Waals surface area contributed by atoms with Gasteiger partial charge in [0.2, 0.25) is 23.7 Å². The molecule has 3 fully saturated rings. The van der Waals surface area contributed by atoms with Gasteiger partial charge in [0.25, 0.3) is 0 Å². The first-order chi connectivity index (χ1) is 39.2. The van der Waals surface area contributed by atoms with E-state index in [1.165, 1.54) is 28.0 Å². The SMILES string of the molecule is CNC(C)C(=O)NC(C(=O)N1CCCC1c1nc(-c2ccc(OCCOCCOCCN(C)C(=O)CCNc3nc(N4CCN(C(N)=O)CC4)c4cc(Cl)c(-c5c(O)cccc5F)c(F)c4n3)c3ccccc23)cs1)C1CCCCC1. The maximum Gasteiger partial charge on any atom is 0.314 e. The van der Waals surface area contributed by atoms with Gasteiger partial charge in [-0.2, -0.15) is 4.98 Å². The number of phenolic OH excluding ortho intramolecular Hbond substituents is 1. The number of benzene rings is 4. The quantitative estimate of drug-likeness (QED) is 0.0382. The summed E-state index contributed by atoms with van der Waals surface area (Å²) < 4.78 is 49.4. The van der Waals surface area contributed by atoms with Crippen molar-refractivity contribution >= 4 is 80.1 Å². The number of nitrogens with two attached hydrogens (primary N) is 1. The number of urea groups is 1. The highest BCUT2D eigenvalue weighted by Gasteiger charge is 2.40. The summed E-state index contributed by atoms with van der Waals surface area (Å²) in [4.78, 5) is 73.5. The highest BCUT2D eigenvalue weighted by atomic mass is 35.5. The third-order valence-corrected chi connectivity index (χ3v) is 16.7. The number of nitrogens with one attached hydrogen (secondary N) is 3. The molecular formula is C58H70ClF2N11O8S.